The quantitative estimate of drug-likeness (QED) is 0.346. The van der Waals surface area contributed by atoms with Crippen molar-refractivity contribution >= 4 is 75.3 Å². The van der Waals surface area contributed by atoms with Crippen LogP contribution in [0.3, 0.4) is 0 Å². The number of hydrogen-bond donors (Lipinski definition) is 3. The van der Waals surface area contributed by atoms with Gasteiger partial charge in [0.25, 0.3) is 5.91 Å². The number of rotatable bonds is 4. The summed E-state index contributed by atoms with van der Waals surface area (Å²) >= 11 is 29.1. The summed E-state index contributed by atoms with van der Waals surface area (Å²) in [6.07, 6.45) is -1.07. The van der Waals surface area contributed by atoms with Gasteiger partial charge in [0.15, 0.2) is 5.11 Å². The van der Waals surface area contributed by atoms with Crippen LogP contribution in [0.5, 0.6) is 0 Å². The number of aryl methyl sites for hydroxylation is 1. The Morgan fingerprint density at radius 2 is 1.77 bits per heavy atom. The number of benzene rings is 2. The Bertz CT molecular complexity index is 811. The van der Waals surface area contributed by atoms with E-state index >= 15 is 0 Å². The predicted molar refractivity (Wildman–Crippen MR) is 114 cm³/mol. The summed E-state index contributed by atoms with van der Waals surface area (Å²) in [6, 6.07) is 14.0. The topological polar surface area (TPSA) is 53.2 Å². The number of thiocarbonyl (C=S) groups is 1. The highest BCUT2D eigenvalue weighted by molar-refractivity contribution is 7.80. The van der Waals surface area contributed by atoms with Crippen LogP contribution in [0.4, 0.5) is 5.69 Å². The van der Waals surface area contributed by atoms with E-state index in [1.54, 1.807) is 18.2 Å². The molecule has 0 saturated heterocycles. The third-order valence-corrected chi connectivity index (χ3v) is 4.47. The van der Waals surface area contributed by atoms with Crippen molar-refractivity contribution in [2.75, 3.05) is 5.32 Å². The van der Waals surface area contributed by atoms with Crippen molar-refractivity contribution in [1.29, 1.82) is 0 Å². The second-order valence-corrected chi connectivity index (χ2v) is 8.59. The van der Waals surface area contributed by atoms with Gasteiger partial charge in [-0.3, -0.25) is 4.79 Å². The molecular weight excluding hydrogens is 436 g/mol. The van der Waals surface area contributed by atoms with Gasteiger partial charge in [-0.1, -0.05) is 70.7 Å². The average molecular weight is 451 g/mol. The molecule has 0 aliphatic carbocycles. The van der Waals surface area contributed by atoms with Crippen molar-refractivity contribution in [1.82, 2.24) is 10.6 Å². The fourth-order valence-corrected chi connectivity index (χ4v) is 2.79. The number of hydrogen-bond acceptors (Lipinski definition) is 2. The van der Waals surface area contributed by atoms with Crippen LogP contribution in [-0.4, -0.2) is 21.0 Å². The highest BCUT2D eigenvalue weighted by Gasteiger charge is 2.35. The van der Waals surface area contributed by atoms with Gasteiger partial charge in [-0.05, 0) is 49.0 Å². The largest absolute Gasteiger partial charge is 0.339 e. The molecule has 2 rings (SSSR count). The molecule has 1 atom stereocenters. The van der Waals surface area contributed by atoms with Crippen molar-refractivity contribution in [3.05, 3.63) is 64.7 Å². The number of carbonyl (C=O) groups excluding carboxylic acids is 1. The first-order valence-electron chi connectivity index (χ1n) is 7.43. The van der Waals surface area contributed by atoms with E-state index in [1.807, 2.05) is 31.2 Å². The fourth-order valence-electron chi connectivity index (χ4n) is 2.05. The van der Waals surface area contributed by atoms with Gasteiger partial charge in [-0.25, -0.2) is 0 Å². The molecule has 0 aliphatic rings. The maximum absolute atomic E-state index is 12.4. The van der Waals surface area contributed by atoms with Crippen LogP contribution in [0.15, 0.2) is 48.5 Å². The van der Waals surface area contributed by atoms with Gasteiger partial charge in [0.05, 0.1) is 0 Å². The zero-order chi connectivity index (χ0) is 19.3. The summed E-state index contributed by atoms with van der Waals surface area (Å²) in [5.74, 6) is -0.463. The summed E-state index contributed by atoms with van der Waals surface area (Å²) in [5, 5.41) is 9.03. The van der Waals surface area contributed by atoms with Crippen molar-refractivity contribution in [3.8, 4) is 0 Å². The zero-order valence-corrected chi connectivity index (χ0v) is 17.4. The van der Waals surface area contributed by atoms with Crippen LogP contribution in [0.2, 0.25) is 5.02 Å². The van der Waals surface area contributed by atoms with Crippen molar-refractivity contribution in [3.63, 3.8) is 0 Å². The van der Waals surface area contributed by atoms with Crippen LogP contribution in [-0.2, 0) is 0 Å². The number of nitrogens with one attached hydrogen (secondary N) is 3. The van der Waals surface area contributed by atoms with Crippen molar-refractivity contribution in [2.45, 2.75) is 16.9 Å². The molecule has 4 nitrogen and oxygen atoms in total. The summed E-state index contributed by atoms with van der Waals surface area (Å²) in [6.45, 7) is 1.93. The monoisotopic (exact) mass is 449 g/mol. The highest BCUT2D eigenvalue weighted by Crippen LogP contribution is 2.29. The molecule has 138 valence electrons. The minimum absolute atomic E-state index is 0.196. The summed E-state index contributed by atoms with van der Waals surface area (Å²) < 4.78 is -1.84. The normalized spacial score (nSPS) is 12.2. The molecule has 0 fully saturated rings. The SMILES string of the molecule is Cc1ccccc1NC(=S)N[C@@H](NC(=O)c1cccc(Cl)c1)C(Cl)(Cl)Cl. The third kappa shape index (κ3) is 6.18. The number of para-hydroxylation sites is 1. The fraction of sp³-hybridized carbons (Fsp3) is 0.176. The van der Waals surface area contributed by atoms with Crippen LogP contribution in [0.25, 0.3) is 0 Å². The number of halogens is 4. The standard InChI is InChI=1S/C17H15Cl4N3OS/c1-10-5-2-3-8-13(10)22-16(26)24-15(17(19,20)21)23-14(25)11-6-4-7-12(18)9-11/h2-9,15H,1H3,(H,23,25)(H2,22,24,26)/t15-/m1/s1. The molecule has 2 aromatic carbocycles. The van der Waals surface area contributed by atoms with E-state index in [2.05, 4.69) is 16.0 Å². The van der Waals surface area contributed by atoms with Gasteiger partial charge >= 0.3 is 0 Å². The Balaban J connectivity index is 2.09. The second kappa shape index (κ2) is 9.11. The Hall–Kier alpha value is -1.24. The highest BCUT2D eigenvalue weighted by atomic mass is 35.6. The molecule has 2 aromatic rings. The van der Waals surface area contributed by atoms with E-state index in [-0.39, 0.29) is 5.11 Å². The van der Waals surface area contributed by atoms with Crippen LogP contribution in [0.1, 0.15) is 15.9 Å². The van der Waals surface area contributed by atoms with Gasteiger partial charge in [0.1, 0.15) is 6.17 Å². The van der Waals surface area contributed by atoms with E-state index in [1.165, 1.54) is 6.07 Å². The van der Waals surface area contributed by atoms with Crippen molar-refractivity contribution in [2.24, 2.45) is 0 Å². The molecule has 0 aromatic heterocycles. The molecule has 3 N–H and O–H groups in total. The lowest BCUT2D eigenvalue weighted by atomic mass is 10.2. The van der Waals surface area contributed by atoms with Crippen LogP contribution in [0, 0.1) is 6.92 Å². The van der Waals surface area contributed by atoms with E-state index in [0.717, 1.165) is 11.3 Å². The maximum Gasteiger partial charge on any atom is 0.253 e. The van der Waals surface area contributed by atoms with Gasteiger partial charge in [0, 0.05) is 16.3 Å². The van der Waals surface area contributed by atoms with E-state index in [9.17, 15) is 4.79 Å². The first kappa shape index (κ1) is 21.1. The number of alkyl halides is 3. The molecule has 0 aliphatic heterocycles. The maximum atomic E-state index is 12.4. The molecule has 0 unspecified atom stereocenters. The van der Waals surface area contributed by atoms with Crippen molar-refractivity contribution < 1.29 is 4.79 Å². The zero-order valence-electron chi connectivity index (χ0n) is 13.5. The molecule has 1 amide bonds. The van der Waals surface area contributed by atoms with Gasteiger partial charge < -0.3 is 16.0 Å². The molecule has 0 heterocycles. The van der Waals surface area contributed by atoms with Crippen LogP contribution >= 0.6 is 58.6 Å². The Labute approximate surface area is 177 Å². The molecule has 9 heteroatoms. The lowest BCUT2D eigenvalue weighted by Crippen LogP contribution is -2.56. The van der Waals surface area contributed by atoms with Gasteiger partial charge in [-0.2, -0.15) is 0 Å². The molecule has 0 saturated carbocycles. The number of carbonyl (C=O) groups is 1. The third-order valence-electron chi connectivity index (χ3n) is 3.36. The lowest BCUT2D eigenvalue weighted by molar-refractivity contribution is 0.0934. The summed E-state index contributed by atoms with van der Waals surface area (Å²) in [4.78, 5) is 12.4. The minimum atomic E-state index is -1.84. The first-order valence-corrected chi connectivity index (χ1v) is 9.35. The van der Waals surface area contributed by atoms with Gasteiger partial charge in [-0.15, -0.1) is 0 Å². The molecule has 26 heavy (non-hydrogen) atoms. The molecule has 0 radical (unpaired) electrons. The first-order chi connectivity index (χ1) is 12.2. The Morgan fingerprint density at radius 3 is 2.38 bits per heavy atom. The minimum Gasteiger partial charge on any atom is -0.339 e. The Morgan fingerprint density at radius 1 is 1.08 bits per heavy atom. The summed E-state index contributed by atoms with van der Waals surface area (Å²) in [7, 11) is 0. The predicted octanol–water partition coefficient (Wildman–Crippen LogP) is 5.06. The lowest BCUT2D eigenvalue weighted by Gasteiger charge is -2.28. The molecular formula is C17H15Cl4N3OS. The van der Waals surface area contributed by atoms with E-state index < -0.39 is 15.9 Å². The molecule has 0 bridgehead atoms. The summed E-state index contributed by atoms with van der Waals surface area (Å²) in [5.41, 5.74) is 2.12. The van der Waals surface area contributed by atoms with E-state index in [4.69, 9.17) is 58.6 Å². The average Bonchev–Trinajstić information content (AvgIpc) is 2.55. The number of amides is 1. The number of anilines is 1. The van der Waals surface area contributed by atoms with Gasteiger partial charge in [0.2, 0.25) is 3.79 Å². The second-order valence-electron chi connectivity index (χ2n) is 5.37. The Kier molecular flexibility index (Phi) is 7.38. The van der Waals surface area contributed by atoms with Crippen LogP contribution < -0.4 is 16.0 Å². The van der Waals surface area contributed by atoms with E-state index in [0.29, 0.717) is 10.6 Å². The smallest absolute Gasteiger partial charge is 0.253 e. The molecule has 0 spiro atoms.